The molecule has 0 fully saturated rings. The minimum atomic E-state index is -1.03. The van der Waals surface area contributed by atoms with Crippen molar-refractivity contribution in [3.63, 3.8) is 0 Å². The van der Waals surface area contributed by atoms with Crippen LogP contribution in [0.15, 0.2) is 22.8 Å². The summed E-state index contributed by atoms with van der Waals surface area (Å²) in [6, 6.07) is 5.22. The molecule has 2 aromatic heterocycles. The lowest BCUT2D eigenvalue weighted by Crippen LogP contribution is -2.22. The van der Waals surface area contributed by atoms with Gasteiger partial charge < -0.3 is 14.0 Å². The van der Waals surface area contributed by atoms with Crippen LogP contribution in [0.1, 0.15) is 0 Å². The van der Waals surface area contributed by atoms with Crippen LogP contribution in [0.3, 0.4) is 0 Å². The van der Waals surface area contributed by atoms with Crippen LogP contribution >= 0.6 is 15.9 Å². The predicted octanol–water partition coefficient (Wildman–Crippen LogP) is 4.12. The van der Waals surface area contributed by atoms with Gasteiger partial charge in [-0.05, 0) is 34.1 Å². The summed E-state index contributed by atoms with van der Waals surface area (Å²) in [6.45, 7) is 8.40. The summed E-state index contributed by atoms with van der Waals surface area (Å²) in [5.41, 5.74) is 0.887. The standard InChI is InChI=1S/C14H21BrN2O2Si/c1-18-14-12(15)9-11-5-6-17(13(11)16-14)10-19-7-8-20(2,3)4/h5-6,9H,7-8,10H2,1-4H3. The van der Waals surface area contributed by atoms with Gasteiger partial charge in [-0.3, -0.25) is 0 Å². The molecular weight excluding hydrogens is 336 g/mol. The van der Waals surface area contributed by atoms with Crippen LogP contribution in [-0.4, -0.2) is 31.3 Å². The average Bonchev–Trinajstić information content (AvgIpc) is 2.74. The van der Waals surface area contributed by atoms with Gasteiger partial charge in [-0.15, -0.1) is 0 Å². The molecule has 2 aromatic rings. The molecule has 0 bridgehead atoms. The lowest BCUT2D eigenvalue weighted by molar-refractivity contribution is 0.0898. The molecule has 2 heterocycles. The van der Waals surface area contributed by atoms with E-state index in [-0.39, 0.29) is 0 Å². The van der Waals surface area contributed by atoms with E-state index in [1.54, 1.807) is 7.11 Å². The van der Waals surface area contributed by atoms with Crippen LogP contribution in [0, 0.1) is 0 Å². The molecule has 20 heavy (non-hydrogen) atoms. The summed E-state index contributed by atoms with van der Waals surface area (Å²) in [5.74, 6) is 0.597. The Balaban J connectivity index is 2.07. The summed E-state index contributed by atoms with van der Waals surface area (Å²) in [7, 11) is 0.590. The predicted molar refractivity (Wildman–Crippen MR) is 88.1 cm³/mol. The van der Waals surface area contributed by atoms with E-state index < -0.39 is 8.07 Å². The Kier molecular flexibility index (Phi) is 4.88. The molecule has 6 heteroatoms. The number of hydrogen-bond donors (Lipinski definition) is 0. The second-order valence-corrected chi connectivity index (χ2v) is 12.5. The number of nitrogens with zero attached hydrogens (tertiary/aromatic N) is 2. The Bertz CT molecular complexity index is 593. The first kappa shape index (κ1) is 15.5. The first-order valence-electron chi connectivity index (χ1n) is 6.68. The molecule has 0 aromatic carbocycles. The van der Waals surface area contributed by atoms with E-state index >= 15 is 0 Å². The van der Waals surface area contributed by atoms with E-state index in [9.17, 15) is 0 Å². The Morgan fingerprint density at radius 3 is 2.75 bits per heavy atom. The summed E-state index contributed by atoms with van der Waals surface area (Å²) in [6.07, 6.45) is 2.00. The first-order valence-corrected chi connectivity index (χ1v) is 11.2. The van der Waals surface area contributed by atoms with E-state index in [4.69, 9.17) is 9.47 Å². The zero-order valence-electron chi connectivity index (χ0n) is 12.4. The lowest BCUT2D eigenvalue weighted by atomic mass is 10.3. The molecule has 0 radical (unpaired) electrons. The van der Waals surface area contributed by atoms with E-state index in [0.717, 1.165) is 22.1 Å². The zero-order chi connectivity index (χ0) is 14.8. The highest BCUT2D eigenvalue weighted by molar-refractivity contribution is 9.10. The van der Waals surface area contributed by atoms with Gasteiger partial charge in [-0.2, -0.15) is 4.98 Å². The molecule has 0 spiro atoms. The molecule has 2 rings (SSSR count). The molecule has 0 saturated heterocycles. The van der Waals surface area contributed by atoms with Crippen molar-refractivity contribution in [2.75, 3.05) is 13.7 Å². The minimum absolute atomic E-state index is 0.533. The second-order valence-electron chi connectivity index (χ2n) is 6.03. The van der Waals surface area contributed by atoms with Crippen molar-refractivity contribution in [1.29, 1.82) is 0 Å². The molecule has 0 atom stereocenters. The van der Waals surface area contributed by atoms with E-state index in [0.29, 0.717) is 12.6 Å². The van der Waals surface area contributed by atoms with Crippen molar-refractivity contribution in [2.24, 2.45) is 0 Å². The Morgan fingerprint density at radius 1 is 1.35 bits per heavy atom. The normalized spacial score (nSPS) is 12.1. The van der Waals surface area contributed by atoms with Crippen molar-refractivity contribution >= 4 is 35.0 Å². The quantitative estimate of drug-likeness (QED) is 0.576. The fourth-order valence-electron chi connectivity index (χ4n) is 1.86. The highest BCUT2D eigenvalue weighted by Gasteiger charge is 2.13. The van der Waals surface area contributed by atoms with Crippen LogP contribution in [0.2, 0.25) is 25.7 Å². The minimum Gasteiger partial charge on any atom is -0.480 e. The third-order valence-corrected chi connectivity index (χ3v) is 5.35. The van der Waals surface area contributed by atoms with Crippen LogP contribution < -0.4 is 4.74 Å². The van der Waals surface area contributed by atoms with E-state index in [2.05, 4.69) is 40.6 Å². The number of methoxy groups -OCH3 is 1. The maximum Gasteiger partial charge on any atom is 0.229 e. The van der Waals surface area contributed by atoms with Crippen LogP contribution in [0.25, 0.3) is 11.0 Å². The van der Waals surface area contributed by atoms with Gasteiger partial charge in [0.15, 0.2) is 0 Å². The average molecular weight is 357 g/mol. The highest BCUT2D eigenvalue weighted by Crippen LogP contribution is 2.27. The topological polar surface area (TPSA) is 36.3 Å². The van der Waals surface area contributed by atoms with Crippen molar-refractivity contribution < 1.29 is 9.47 Å². The van der Waals surface area contributed by atoms with Gasteiger partial charge >= 0.3 is 0 Å². The molecule has 0 saturated carbocycles. The number of ether oxygens (including phenoxy) is 2. The molecule has 0 amide bonds. The van der Waals surface area contributed by atoms with Crippen LogP contribution in [0.5, 0.6) is 5.88 Å². The summed E-state index contributed by atoms with van der Waals surface area (Å²) in [4.78, 5) is 4.50. The largest absolute Gasteiger partial charge is 0.480 e. The maximum atomic E-state index is 5.77. The van der Waals surface area contributed by atoms with Gasteiger partial charge in [0.25, 0.3) is 0 Å². The van der Waals surface area contributed by atoms with Crippen molar-refractivity contribution in [3.05, 3.63) is 22.8 Å². The molecular formula is C14H21BrN2O2Si. The summed E-state index contributed by atoms with van der Waals surface area (Å²) in [5, 5.41) is 1.08. The molecule has 0 aliphatic carbocycles. The Labute approximate surface area is 129 Å². The monoisotopic (exact) mass is 356 g/mol. The number of rotatable bonds is 6. The first-order chi connectivity index (χ1) is 9.40. The second kappa shape index (κ2) is 6.28. The SMILES string of the molecule is COc1nc2c(ccn2COCC[Si](C)(C)C)cc1Br. The number of pyridine rings is 1. The lowest BCUT2D eigenvalue weighted by Gasteiger charge is -2.15. The number of halogens is 1. The third-order valence-electron chi connectivity index (χ3n) is 3.08. The number of hydrogen-bond acceptors (Lipinski definition) is 3. The molecule has 110 valence electrons. The van der Waals surface area contributed by atoms with Crippen molar-refractivity contribution in [3.8, 4) is 5.88 Å². The van der Waals surface area contributed by atoms with Gasteiger partial charge in [0.1, 0.15) is 12.4 Å². The molecule has 0 aliphatic rings. The molecule has 0 aliphatic heterocycles. The highest BCUT2D eigenvalue weighted by atomic mass is 79.9. The molecule has 4 nitrogen and oxygen atoms in total. The third kappa shape index (κ3) is 3.83. The fraction of sp³-hybridized carbons (Fsp3) is 0.500. The number of fused-ring (bicyclic) bond motifs is 1. The Hall–Kier alpha value is -0.853. The number of aromatic nitrogens is 2. The van der Waals surface area contributed by atoms with Gasteiger partial charge in [-0.25, -0.2) is 0 Å². The molecule has 0 unspecified atom stereocenters. The van der Waals surface area contributed by atoms with Gasteiger partial charge in [0.05, 0.1) is 11.6 Å². The van der Waals surface area contributed by atoms with E-state index in [1.807, 2.05) is 22.9 Å². The molecule has 0 N–H and O–H groups in total. The van der Waals surface area contributed by atoms with Gasteiger partial charge in [-0.1, -0.05) is 19.6 Å². The van der Waals surface area contributed by atoms with Crippen LogP contribution in [0.4, 0.5) is 0 Å². The van der Waals surface area contributed by atoms with E-state index in [1.165, 1.54) is 6.04 Å². The fourth-order valence-corrected chi connectivity index (χ4v) is 3.11. The zero-order valence-corrected chi connectivity index (χ0v) is 15.0. The van der Waals surface area contributed by atoms with Crippen LogP contribution in [-0.2, 0) is 11.5 Å². The Morgan fingerprint density at radius 2 is 2.10 bits per heavy atom. The van der Waals surface area contributed by atoms with Crippen molar-refractivity contribution in [1.82, 2.24) is 9.55 Å². The van der Waals surface area contributed by atoms with Gasteiger partial charge in [0, 0.05) is 26.3 Å². The summed E-state index contributed by atoms with van der Waals surface area (Å²) >= 11 is 3.45. The van der Waals surface area contributed by atoms with Crippen molar-refractivity contribution in [2.45, 2.75) is 32.4 Å². The maximum absolute atomic E-state index is 5.77. The van der Waals surface area contributed by atoms with Gasteiger partial charge in [0.2, 0.25) is 5.88 Å². The summed E-state index contributed by atoms with van der Waals surface area (Å²) < 4.78 is 13.9. The smallest absolute Gasteiger partial charge is 0.229 e.